The molecule has 0 fully saturated rings. The van der Waals surface area contributed by atoms with Gasteiger partial charge in [0.25, 0.3) is 0 Å². The van der Waals surface area contributed by atoms with Crippen LogP contribution in [-0.2, 0) is 10.0 Å². The number of aromatic carboxylic acids is 1. The number of nitrogen functional groups attached to an aromatic ring is 1. The van der Waals surface area contributed by atoms with Gasteiger partial charge in [-0.15, -0.1) is 0 Å². The average molecular weight is 274 g/mol. The Hall–Kier alpha value is -1.64. The van der Waals surface area contributed by atoms with Crippen LogP contribution in [0.3, 0.4) is 0 Å². The fourth-order valence-electron chi connectivity index (χ4n) is 1.30. The maximum Gasteiger partial charge on any atom is 0.337 e. The second-order valence-electron chi connectivity index (χ2n) is 3.77. The number of nitrogens with one attached hydrogen (secondary N) is 1. The highest BCUT2D eigenvalue weighted by Gasteiger charge is 2.23. The van der Waals surface area contributed by atoms with Crippen LogP contribution in [-0.4, -0.2) is 37.2 Å². The van der Waals surface area contributed by atoms with Crippen molar-refractivity contribution in [2.45, 2.75) is 17.9 Å². The van der Waals surface area contributed by atoms with E-state index >= 15 is 0 Å². The molecule has 0 saturated carbocycles. The highest BCUT2D eigenvalue weighted by molar-refractivity contribution is 7.89. The molecular weight excluding hydrogens is 260 g/mol. The fourth-order valence-corrected chi connectivity index (χ4v) is 2.77. The molecule has 0 aromatic heterocycles. The number of hydrogen-bond acceptors (Lipinski definition) is 5. The summed E-state index contributed by atoms with van der Waals surface area (Å²) >= 11 is 0. The van der Waals surface area contributed by atoms with Crippen molar-refractivity contribution in [3.05, 3.63) is 23.8 Å². The lowest BCUT2D eigenvalue weighted by atomic mass is 10.2. The van der Waals surface area contributed by atoms with Gasteiger partial charge in [0.2, 0.25) is 10.0 Å². The predicted octanol–water partition coefficient (Wildman–Crippen LogP) is -0.374. The van der Waals surface area contributed by atoms with E-state index in [0.717, 1.165) is 12.1 Å². The zero-order chi connectivity index (χ0) is 13.9. The molecule has 0 aliphatic heterocycles. The van der Waals surface area contributed by atoms with E-state index < -0.39 is 33.5 Å². The molecule has 0 bridgehead atoms. The summed E-state index contributed by atoms with van der Waals surface area (Å²) in [5, 5.41) is 17.7. The summed E-state index contributed by atoms with van der Waals surface area (Å²) in [5.74, 6) is -1.37. The van der Waals surface area contributed by atoms with E-state index in [1.807, 2.05) is 0 Å². The lowest BCUT2D eigenvalue weighted by Gasteiger charge is -2.13. The van der Waals surface area contributed by atoms with Gasteiger partial charge in [-0.05, 0) is 25.1 Å². The zero-order valence-corrected chi connectivity index (χ0v) is 10.4. The molecule has 7 nitrogen and oxygen atoms in total. The number of anilines is 1. The van der Waals surface area contributed by atoms with Gasteiger partial charge >= 0.3 is 5.97 Å². The fraction of sp³-hybridized carbons (Fsp3) is 0.300. The maximum atomic E-state index is 11.9. The van der Waals surface area contributed by atoms with Crippen molar-refractivity contribution in [1.29, 1.82) is 0 Å². The molecule has 1 aromatic carbocycles. The van der Waals surface area contributed by atoms with Crippen LogP contribution < -0.4 is 10.5 Å². The summed E-state index contributed by atoms with van der Waals surface area (Å²) in [6, 6.07) is 2.77. The number of carboxylic acids is 1. The van der Waals surface area contributed by atoms with Crippen molar-refractivity contribution in [3.8, 4) is 0 Å². The van der Waals surface area contributed by atoms with Crippen LogP contribution in [0, 0.1) is 0 Å². The molecule has 1 atom stereocenters. The smallest absolute Gasteiger partial charge is 0.337 e. The number of hydrogen-bond donors (Lipinski definition) is 4. The van der Waals surface area contributed by atoms with E-state index in [9.17, 15) is 13.2 Å². The van der Waals surface area contributed by atoms with E-state index in [1.54, 1.807) is 0 Å². The molecule has 0 amide bonds. The minimum atomic E-state index is -4.04. The Balaban J connectivity index is 3.30. The normalized spacial score (nSPS) is 13.2. The minimum Gasteiger partial charge on any atom is -0.478 e. The summed E-state index contributed by atoms with van der Waals surface area (Å²) < 4.78 is 26.0. The van der Waals surface area contributed by atoms with Gasteiger partial charge in [0, 0.05) is 11.7 Å². The van der Waals surface area contributed by atoms with Crippen molar-refractivity contribution in [2.75, 3.05) is 12.3 Å². The third-order valence-electron chi connectivity index (χ3n) is 2.16. The maximum absolute atomic E-state index is 11.9. The van der Waals surface area contributed by atoms with Gasteiger partial charge in [0.1, 0.15) is 0 Å². The highest BCUT2D eigenvalue weighted by atomic mass is 32.2. The second-order valence-corrected chi connectivity index (χ2v) is 5.45. The predicted molar refractivity (Wildman–Crippen MR) is 64.7 cm³/mol. The van der Waals surface area contributed by atoms with Crippen LogP contribution in [0.4, 0.5) is 5.69 Å². The van der Waals surface area contributed by atoms with Crippen LogP contribution in [0.5, 0.6) is 0 Å². The summed E-state index contributed by atoms with van der Waals surface area (Å²) in [6.07, 6.45) is 0. The first-order valence-electron chi connectivity index (χ1n) is 5.04. The first-order valence-corrected chi connectivity index (χ1v) is 6.52. The Bertz CT molecular complexity index is 555. The van der Waals surface area contributed by atoms with Crippen molar-refractivity contribution in [3.63, 3.8) is 0 Å². The molecule has 1 rings (SSSR count). The Morgan fingerprint density at radius 2 is 2.11 bits per heavy atom. The van der Waals surface area contributed by atoms with E-state index in [-0.39, 0.29) is 11.3 Å². The first kappa shape index (κ1) is 14.4. The molecule has 18 heavy (non-hydrogen) atoms. The molecule has 0 aliphatic rings. The highest BCUT2D eigenvalue weighted by Crippen LogP contribution is 2.19. The number of sulfonamides is 1. The summed E-state index contributed by atoms with van der Waals surface area (Å²) in [4.78, 5) is 10.5. The molecule has 1 aromatic rings. The SMILES string of the molecule is C[C@H](CO)NS(=O)(=O)c1cc(N)ccc1C(=O)O. The number of rotatable bonds is 5. The molecular formula is C10H14N2O5S. The van der Waals surface area contributed by atoms with Gasteiger partial charge in [-0.1, -0.05) is 0 Å². The topological polar surface area (TPSA) is 130 Å². The number of benzene rings is 1. The Labute approximate surface area is 104 Å². The van der Waals surface area contributed by atoms with Crippen molar-refractivity contribution < 1.29 is 23.4 Å². The van der Waals surface area contributed by atoms with Crippen molar-refractivity contribution in [1.82, 2.24) is 4.72 Å². The van der Waals surface area contributed by atoms with Crippen molar-refractivity contribution >= 4 is 21.7 Å². The summed E-state index contributed by atoms with van der Waals surface area (Å²) in [6.45, 7) is 1.05. The summed E-state index contributed by atoms with van der Waals surface area (Å²) in [5.41, 5.74) is 5.22. The van der Waals surface area contributed by atoms with Gasteiger partial charge < -0.3 is 15.9 Å². The molecule has 0 saturated heterocycles. The molecule has 8 heteroatoms. The van der Waals surface area contributed by atoms with Gasteiger partial charge in [0.15, 0.2) is 0 Å². The average Bonchev–Trinajstić information content (AvgIpc) is 2.27. The number of carboxylic acid groups (broad SMARTS) is 1. The molecule has 100 valence electrons. The third kappa shape index (κ3) is 3.19. The largest absolute Gasteiger partial charge is 0.478 e. The van der Waals surface area contributed by atoms with E-state index in [2.05, 4.69) is 4.72 Å². The van der Waals surface area contributed by atoms with E-state index in [1.165, 1.54) is 13.0 Å². The van der Waals surface area contributed by atoms with Crippen LogP contribution >= 0.6 is 0 Å². The molecule has 0 radical (unpaired) electrons. The van der Waals surface area contributed by atoms with Crippen LogP contribution in [0.2, 0.25) is 0 Å². The van der Waals surface area contributed by atoms with Crippen LogP contribution in [0.1, 0.15) is 17.3 Å². The Morgan fingerprint density at radius 1 is 1.50 bits per heavy atom. The summed E-state index contributed by atoms with van der Waals surface area (Å²) in [7, 11) is -4.04. The van der Waals surface area contributed by atoms with Crippen molar-refractivity contribution in [2.24, 2.45) is 0 Å². The first-order chi connectivity index (χ1) is 8.27. The lowest BCUT2D eigenvalue weighted by molar-refractivity contribution is 0.0692. The van der Waals surface area contributed by atoms with Gasteiger partial charge in [-0.3, -0.25) is 0 Å². The lowest BCUT2D eigenvalue weighted by Crippen LogP contribution is -2.35. The molecule has 5 N–H and O–H groups in total. The second kappa shape index (κ2) is 5.34. The van der Waals surface area contributed by atoms with Gasteiger partial charge in [-0.25, -0.2) is 17.9 Å². The minimum absolute atomic E-state index is 0.136. The molecule has 0 unspecified atom stereocenters. The number of nitrogens with two attached hydrogens (primary N) is 1. The monoisotopic (exact) mass is 274 g/mol. The van der Waals surface area contributed by atoms with E-state index in [0.29, 0.717) is 0 Å². The standard InChI is InChI=1S/C10H14N2O5S/c1-6(5-13)12-18(16,17)9-4-7(11)2-3-8(9)10(14)15/h2-4,6,12-13H,5,11H2,1H3,(H,14,15)/t6-/m1/s1. The van der Waals surface area contributed by atoms with Crippen LogP contribution in [0.25, 0.3) is 0 Å². The number of aliphatic hydroxyl groups excluding tert-OH is 1. The number of aliphatic hydroxyl groups is 1. The van der Waals surface area contributed by atoms with Gasteiger partial charge in [0.05, 0.1) is 17.1 Å². The molecule has 0 aliphatic carbocycles. The third-order valence-corrected chi connectivity index (χ3v) is 3.79. The van der Waals surface area contributed by atoms with E-state index in [4.69, 9.17) is 15.9 Å². The zero-order valence-electron chi connectivity index (χ0n) is 9.62. The quantitative estimate of drug-likeness (QED) is 0.542. The molecule has 0 spiro atoms. The Morgan fingerprint density at radius 3 is 2.61 bits per heavy atom. The van der Waals surface area contributed by atoms with Gasteiger partial charge in [-0.2, -0.15) is 0 Å². The number of carbonyl (C=O) groups is 1. The van der Waals surface area contributed by atoms with Crippen LogP contribution in [0.15, 0.2) is 23.1 Å². The Kier molecular flexibility index (Phi) is 4.28. The molecule has 0 heterocycles.